The van der Waals surface area contributed by atoms with E-state index in [0.29, 0.717) is 6.61 Å². The van der Waals surface area contributed by atoms with Crippen LogP contribution in [-0.4, -0.2) is 46.7 Å². The van der Waals surface area contributed by atoms with Gasteiger partial charge in [-0.05, 0) is 58.7 Å². The molecule has 0 aliphatic carbocycles. The Morgan fingerprint density at radius 2 is 1.42 bits per heavy atom. The molecule has 0 N–H and O–H groups in total. The van der Waals surface area contributed by atoms with E-state index in [9.17, 15) is 4.79 Å². The van der Waals surface area contributed by atoms with Gasteiger partial charge in [-0.25, -0.2) is 4.98 Å². The van der Waals surface area contributed by atoms with E-state index in [1.165, 1.54) is 83.5 Å². The first kappa shape index (κ1) is 32.7. The van der Waals surface area contributed by atoms with E-state index < -0.39 is 0 Å². The summed E-state index contributed by atoms with van der Waals surface area (Å²) in [6.45, 7) is 13.9. The van der Waals surface area contributed by atoms with Crippen LogP contribution in [0.1, 0.15) is 136 Å². The molecular weight excluding hydrogens is 446 g/mol. The Labute approximate surface area is 223 Å². The van der Waals surface area contributed by atoms with Crippen molar-refractivity contribution in [1.29, 1.82) is 0 Å². The molecule has 0 fully saturated rings. The monoisotopic (exact) mass is 505 g/mol. The zero-order valence-electron chi connectivity index (χ0n) is 24.4. The predicted molar refractivity (Wildman–Crippen MR) is 153 cm³/mol. The SMILES string of the molecule is CCCCCCCCC(CCCCCC)C(=O)OCCCCCCN(CC)CCCn1ccnc1C. The Bertz CT molecular complexity index is 631. The zero-order chi connectivity index (χ0) is 26.3. The maximum absolute atomic E-state index is 12.8. The van der Waals surface area contributed by atoms with E-state index in [2.05, 4.69) is 48.3 Å². The molecule has 1 unspecified atom stereocenters. The number of nitrogens with zero attached hydrogens (tertiary/aromatic N) is 3. The van der Waals surface area contributed by atoms with Gasteiger partial charge in [0.05, 0.1) is 12.5 Å². The molecule has 0 saturated carbocycles. The van der Waals surface area contributed by atoms with Crippen LogP contribution in [0.3, 0.4) is 0 Å². The molecule has 0 aliphatic rings. The van der Waals surface area contributed by atoms with Crippen molar-refractivity contribution in [3.8, 4) is 0 Å². The molecule has 0 bridgehead atoms. The summed E-state index contributed by atoms with van der Waals surface area (Å²) in [7, 11) is 0. The molecular formula is C31H59N3O2. The first-order chi connectivity index (χ1) is 17.6. The molecule has 36 heavy (non-hydrogen) atoms. The normalized spacial score (nSPS) is 12.4. The molecule has 0 spiro atoms. The number of esters is 1. The third kappa shape index (κ3) is 16.4. The third-order valence-corrected chi connectivity index (χ3v) is 7.50. The molecule has 5 nitrogen and oxygen atoms in total. The van der Waals surface area contributed by atoms with Gasteiger partial charge in [-0.3, -0.25) is 4.79 Å². The minimum Gasteiger partial charge on any atom is -0.465 e. The van der Waals surface area contributed by atoms with Gasteiger partial charge >= 0.3 is 5.97 Å². The number of aryl methyl sites for hydroxylation is 2. The second kappa shape index (κ2) is 22.8. The van der Waals surface area contributed by atoms with Gasteiger partial charge in [0, 0.05) is 18.9 Å². The summed E-state index contributed by atoms with van der Waals surface area (Å²) in [6, 6.07) is 0. The van der Waals surface area contributed by atoms with E-state index in [-0.39, 0.29) is 11.9 Å². The van der Waals surface area contributed by atoms with E-state index in [1.807, 2.05) is 6.20 Å². The van der Waals surface area contributed by atoms with Crippen molar-refractivity contribution in [1.82, 2.24) is 14.5 Å². The number of aromatic nitrogens is 2. The standard InChI is InChI=1S/C31H59N3O2/c1-5-8-10-12-13-17-22-30(21-16-11-9-6-2)31(35)36-28-19-15-14-18-24-33(7-3)25-20-26-34-27-23-32-29(34)4/h23,27,30H,5-22,24-26,28H2,1-4H3. The van der Waals surface area contributed by atoms with Crippen LogP contribution in [0.25, 0.3) is 0 Å². The molecule has 5 heteroatoms. The number of imidazole rings is 1. The Balaban J connectivity index is 2.15. The van der Waals surface area contributed by atoms with Crippen LogP contribution in [0, 0.1) is 12.8 Å². The molecule has 1 heterocycles. The fourth-order valence-electron chi connectivity index (χ4n) is 4.98. The van der Waals surface area contributed by atoms with Crippen molar-refractivity contribution < 1.29 is 9.53 Å². The van der Waals surface area contributed by atoms with Crippen LogP contribution >= 0.6 is 0 Å². The van der Waals surface area contributed by atoms with Gasteiger partial charge in [-0.2, -0.15) is 0 Å². The zero-order valence-corrected chi connectivity index (χ0v) is 24.4. The molecule has 0 amide bonds. The van der Waals surface area contributed by atoms with Gasteiger partial charge in [-0.15, -0.1) is 0 Å². The minimum atomic E-state index is 0.0744. The second-order valence-corrected chi connectivity index (χ2v) is 10.6. The summed E-state index contributed by atoms with van der Waals surface area (Å²) in [6.07, 6.45) is 24.4. The number of carbonyl (C=O) groups excluding carboxylic acids is 1. The number of hydrogen-bond acceptors (Lipinski definition) is 4. The first-order valence-corrected chi connectivity index (χ1v) is 15.5. The highest BCUT2D eigenvalue weighted by atomic mass is 16.5. The van der Waals surface area contributed by atoms with Gasteiger partial charge in [-0.1, -0.05) is 97.8 Å². The summed E-state index contributed by atoms with van der Waals surface area (Å²) in [5, 5.41) is 0. The van der Waals surface area contributed by atoms with Crippen molar-refractivity contribution in [2.45, 2.75) is 143 Å². The predicted octanol–water partition coefficient (Wildman–Crippen LogP) is 8.34. The molecule has 1 aromatic rings. The lowest BCUT2D eigenvalue weighted by molar-refractivity contribution is -0.149. The van der Waals surface area contributed by atoms with Gasteiger partial charge < -0.3 is 14.2 Å². The maximum Gasteiger partial charge on any atom is 0.308 e. The highest BCUT2D eigenvalue weighted by Gasteiger charge is 2.19. The lowest BCUT2D eigenvalue weighted by Crippen LogP contribution is -2.26. The minimum absolute atomic E-state index is 0.0744. The highest BCUT2D eigenvalue weighted by molar-refractivity contribution is 5.72. The maximum atomic E-state index is 12.8. The Kier molecular flexibility index (Phi) is 20.7. The highest BCUT2D eigenvalue weighted by Crippen LogP contribution is 2.20. The molecule has 0 radical (unpaired) electrons. The van der Waals surface area contributed by atoms with E-state index in [4.69, 9.17) is 4.74 Å². The molecule has 0 aliphatic heterocycles. The average Bonchev–Trinajstić information content (AvgIpc) is 3.29. The number of unbranched alkanes of at least 4 members (excludes halogenated alkanes) is 11. The Morgan fingerprint density at radius 1 is 0.833 bits per heavy atom. The summed E-state index contributed by atoms with van der Waals surface area (Å²) in [5.74, 6) is 1.30. The first-order valence-electron chi connectivity index (χ1n) is 15.5. The largest absolute Gasteiger partial charge is 0.465 e. The van der Waals surface area contributed by atoms with Crippen LogP contribution in [0.4, 0.5) is 0 Å². The fourth-order valence-corrected chi connectivity index (χ4v) is 4.98. The van der Waals surface area contributed by atoms with Crippen molar-refractivity contribution >= 4 is 5.97 Å². The van der Waals surface area contributed by atoms with Crippen molar-refractivity contribution in [2.75, 3.05) is 26.2 Å². The molecule has 210 valence electrons. The summed E-state index contributed by atoms with van der Waals surface area (Å²) >= 11 is 0. The molecule has 0 aromatic carbocycles. The van der Waals surface area contributed by atoms with Crippen LogP contribution in [0.2, 0.25) is 0 Å². The van der Waals surface area contributed by atoms with Crippen LogP contribution in [0.15, 0.2) is 12.4 Å². The quantitative estimate of drug-likeness (QED) is 0.0989. The van der Waals surface area contributed by atoms with Crippen LogP contribution in [0.5, 0.6) is 0 Å². The van der Waals surface area contributed by atoms with Gasteiger partial charge in [0.15, 0.2) is 0 Å². The lowest BCUT2D eigenvalue weighted by Gasteiger charge is -2.20. The van der Waals surface area contributed by atoms with Gasteiger partial charge in [0.1, 0.15) is 5.82 Å². The number of rotatable bonds is 25. The Hall–Kier alpha value is -1.36. The number of ether oxygens (including phenoxy) is 1. The number of hydrogen-bond donors (Lipinski definition) is 0. The van der Waals surface area contributed by atoms with Crippen LogP contribution in [-0.2, 0) is 16.1 Å². The fraction of sp³-hybridized carbons (Fsp3) is 0.871. The van der Waals surface area contributed by atoms with Crippen molar-refractivity contribution in [2.24, 2.45) is 5.92 Å². The van der Waals surface area contributed by atoms with E-state index in [0.717, 1.165) is 57.7 Å². The molecule has 1 rings (SSSR count). The van der Waals surface area contributed by atoms with E-state index >= 15 is 0 Å². The topological polar surface area (TPSA) is 47.4 Å². The summed E-state index contributed by atoms with van der Waals surface area (Å²) < 4.78 is 7.98. The second-order valence-electron chi connectivity index (χ2n) is 10.6. The Morgan fingerprint density at radius 3 is 2.06 bits per heavy atom. The smallest absolute Gasteiger partial charge is 0.308 e. The lowest BCUT2D eigenvalue weighted by atomic mass is 9.94. The summed E-state index contributed by atoms with van der Waals surface area (Å²) in [5.41, 5.74) is 0. The molecule has 1 aromatic heterocycles. The molecule has 1 atom stereocenters. The number of carbonyl (C=O) groups is 1. The van der Waals surface area contributed by atoms with Gasteiger partial charge in [0.25, 0.3) is 0 Å². The average molecular weight is 506 g/mol. The van der Waals surface area contributed by atoms with Gasteiger partial charge in [0.2, 0.25) is 0 Å². The van der Waals surface area contributed by atoms with Crippen molar-refractivity contribution in [3.63, 3.8) is 0 Å². The summed E-state index contributed by atoms with van der Waals surface area (Å²) in [4.78, 5) is 19.6. The van der Waals surface area contributed by atoms with Crippen LogP contribution < -0.4 is 0 Å². The van der Waals surface area contributed by atoms with E-state index in [1.54, 1.807) is 0 Å². The van der Waals surface area contributed by atoms with Crippen molar-refractivity contribution in [3.05, 3.63) is 18.2 Å². The molecule has 0 saturated heterocycles. The third-order valence-electron chi connectivity index (χ3n) is 7.50.